The van der Waals surface area contributed by atoms with Crippen LogP contribution < -0.4 is 0 Å². The molecular weight excluding hydrogens is 196 g/mol. The van der Waals surface area contributed by atoms with Crippen molar-refractivity contribution in [1.29, 1.82) is 0 Å². The molecule has 0 aromatic heterocycles. The summed E-state index contributed by atoms with van der Waals surface area (Å²) in [5.74, 6) is 2.61. The molecular formula is C15H26O. The zero-order valence-electron chi connectivity index (χ0n) is 11.1. The fraction of sp³-hybridized carbons (Fsp3) is 0.933. The van der Waals surface area contributed by atoms with Gasteiger partial charge in [0.25, 0.3) is 0 Å². The summed E-state index contributed by atoms with van der Waals surface area (Å²) in [5.41, 5.74) is 0.332. The molecule has 92 valence electrons. The molecule has 2 rings (SSSR count). The van der Waals surface area contributed by atoms with Crippen LogP contribution in [0.4, 0.5) is 0 Å². The zero-order chi connectivity index (χ0) is 11.8. The first-order valence-electron chi connectivity index (χ1n) is 7.04. The highest BCUT2D eigenvalue weighted by Crippen LogP contribution is 2.51. The second-order valence-corrected chi connectivity index (χ2v) is 6.78. The summed E-state index contributed by atoms with van der Waals surface area (Å²) in [6.07, 6.45) is 8.45. The zero-order valence-corrected chi connectivity index (χ0v) is 11.1. The van der Waals surface area contributed by atoms with Crippen molar-refractivity contribution < 1.29 is 4.79 Å². The molecule has 2 aliphatic rings. The Morgan fingerprint density at radius 3 is 2.81 bits per heavy atom. The summed E-state index contributed by atoms with van der Waals surface area (Å²) >= 11 is 0. The molecule has 0 aromatic carbocycles. The second kappa shape index (κ2) is 4.50. The lowest BCUT2D eigenvalue weighted by molar-refractivity contribution is -0.134. The lowest BCUT2D eigenvalue weighted by Gasteiger charge is -2.47. The van der Waals surface area contributed by atoms with Gasteiger partial charge in [-0.25, -0.2) is 0 Å². The van der Waals surface area contributed by atoms with Gasteiger partial charge in [0.2, 0.25) is 0 Å². The molecule has 2 saturated carbocycles. The van der Waals surface area contributed by atoms with Crippen molar-refractivity contribution in [2.24, 2.45) is 23.2 Å². The Kier molecular flexibility index (Phi) is 3.42. The van der Waals surface area contributed by atoms with Gasteiger partial charge < -0.3 is 0 Å². The van der Waals surface area contributed by atoms with E-state index in [1.807, 2.05) is 0 Å². The van der Waals surface area contributed by atoms with Gasteiger partial charge in [0.1, 0.15) is 5.78 Å². The van der Waals surface area contributed by atoms with Crippen molar-refractivity contribution in [3.8, 4) is 0 Å². The van der Waals surface area contributed by atoms with E-state index in [0.29, 0.717) is 17.1 Å². The quantitative estimate of drug-likeness (QED) is 0.699. The van der Waals surface area contributed by atoms with Crippen LogP contribution in [0.2, 0.25) is 0 Å². The molecule has 16 heavy (non-hydrogen) atoms. The summed E-state index contributed by atoms with van der Waals surface area (Å²) in [5, 5.41) is 0. The third kappa shape index (κ3) is 2.33. The van der Waals surface area contributed by atoms with Crippen LogP contribution >= 0.6 is 0 Å². The molecule has 0 spiro atoms. The predicted octanol–water partition coefficient (Wildman–Crippen LogP) is 4.21. The van der Waals surface area contributed by atoms with E-state index in [1.165, 1.54) is 38.5 Å². The molecule has 2 aliphatic carbocycles. The van der Waals surface area contributed by atoms with E-state index in [2.05, 4.69) is 20.8 Å². The molecule has 0 aromatic rings. The maximum absolute atomic E-state index is 12.1. The van der Waals surface area contributed by atoms with Gasteiger partial charge in [-0.3, -0.25) is 4.79 Å². The van der Waals surface area contributed by atoms with E-state index < -0.39 is 0 Å². The summed E-state index contributed by atoms with van der Waals surface area (Å²) in [6, 6.07) is 0. The maximum atomic E-state index is 12.1. The highest BCUT2D eigenvalue weighted by molar-refractivity contribution is 5.82. The summed E-state index contributed by atoms with van der Waals surface area (Å²) in [4.78, 5) is 12.1. The predicted molar refractivity (Wildman–Crippen MR) is 67.3 cm³/mol. The fourth-order valence-corrected chi connectivity index (χ4v) is 3.66. The van der Waals surface area contributed by atoms with Crippen LogP contribution in [0.5, 0.6) is 0 Å². The average molecular weight is 222 g/mol. The van der Waals surface area contributed by atoms with Crippen molar-refractivity contribution >= 4 is 5.78 Å². The van der Waals surface area contributed by atoms with Crippen LogP contribution in [-0.4, -0.2) is 5.78 Å². The molecule has 0 radical (unpaired) electrons. The van der Waals surface area contributed by atoms with Crippen LogP contribution in [0.25, 0.3) is 0 Å². The first-order chi connectivity index (χ1) is 7.51. The van der Waals surface area contributed by atoms with Crippen LogP contribution in [0.3, 0.4) is 0 Å². The Morgan fingerprint density at radius 2 is 2.12 bits per heavy atom. The SMILES string of the molecule is CC(C)CCC1(C)CCC2CCC(=O)C1C2. The van der Waals surface area contributed by atoms with Gasteiger partial charge in [-0.05, 0) is 49.4 Å². The first-order valence-corrected chi connectivity index (χ1v) is 7.04. The van der Waals surface area contributed by atoms with Gasteiger partial charge in [0.05, 0.1) is 0 Å². The second-order valence-electron chi connectivity index (χ2n) is 6.78. The highest BCUT2D eigenvalue weighted by atomic mass is 16.1. The molecule has 2 bridgehead atoms. The monoisotopic (exact) mass is 222 g/mol. The smallest absolute Gasteiger partial charge is 0.136 e. The van der Waals surface area contributed by atoms with E-state index in [-0.39, 0.29) is 0 Å². The molecule has 0 heterocycles. The van der Waals surface area contributed by atoms with E-state index in [0.717, 1.165) is 18.3 Å². The number of hydrogen-bond acceptors (Lipinski definition) is 1. The molecule has 0 saturated heterocycles. The topological polar surface area (TPSA) is 17.1 Å². The number of carbonyl (C=O) groups is 1. The number of carbonyl (C=O) groups excluding carboxylic acids is 1. The summed E-state index contributed by atoms with van der Waals surface area (Å²) in [7, 11) is 0. The average Bonchev–Trinajstić information content (AvgIpc) is 2.25. The van der Waals surface area contributed by atoms with E-state index in [1.54, 1.807) is 0 Å². The molecule has 1 nitrogen and oxygen atoms in total. The van der Waals surface area contributed by atoms with E-state index >= 15 is 0 Å². The highest BCUT2D eigenvalue weighted by Gasteiger charge is 2.45. The van der Waals surface area contributed by atoms with Crippen molar-refractivity contribution in [3.63, 3.8) is 0 Å². The third-order valence-corrected chi connectivity index (χ3v) is 5.01. The standard InChI is InChI=1S/C15H26O/c1-11(2)6-8-15(3)9-7-12-4-5-14(16)13(15)10-12/h11-13H,4-10H2,1-3H3. The largest absolute Gasteiger partial charge is 0.299 e. The Balaban J connectivity index is 2.04. The fourth-order valence-electron chi connectivity index (χ4n) is 3.66. The van der Waals surface area contributed by atoms with E-state index in [9.17, 15) is 4.79 Å². The minimum Gasteiger partial charge on any atom is -0.299 e. The van der Waals surface area contributed by atoms with Crippen molar-refractivity contribution in [2.45, 2.75) is 65.7 Å². The van der Waals surface area contributed by atoms with Crippen molar-refractivity contribution in [3.05, 3.63) is 0 Å². The van der Waals surface area contributed by atoms with Gasteiger partial charge >= 0.3 is 0 Å². The molecule has 0 amide bonds. The molecule has 0 N–H and O–H groups in total. The Bertz CT molecular complexity index is 269. The van der Waals surface area contributed by atoms with Crippen LogP contribution in [0.15, 0.2) is 0 Å². The lowest BCUT2D eigenvalue weighted by Crippen LogP contribution is -2.42. The normalized spacial score (nSPS) is 39.1. The number of ketones is 1. The van der Waals surface area contributed by atoms with Crippen molar-refractivity contribution in [2.75, 3.05) is 0 Å². The van der Waals surface area contributed by atoms with Gasteiger partial charge in [0.15, 0.2) is 0 Å². The Hall–Kier alpha value is -0.330. The minimum atomic E-state index is 0.332. The number of Topliss-reactive ketones (excluding diaryl/α,β-unsaturated/α-hetero) is 1. The minimum absolute atomic E-state index is 0.332. The Labute approximate surface area is 100.0 Å². The first kappa shape index (κ1) is 12.1. The lowest BCUT2D eigenvalue weighted by atomic mass is 9.57. The van der Waals surface area contributed by atoms with Gasteiger partial charge in [-0.1, -0.05) is 27.2 Å². The molecule has 0 aliphatic heterocycles. The van der Waals surface area contributed by atoms with Crippen molar-refractivity contribution in [1.82, 2.24) is 0 Å². The van der Waals surface area contributed by atoms with Gasteiger partial charge in [-0.15, -0.1) is 0 Å². The van der Waals surface area contributed by atoms with Crippen LogP contribution in [-0.2, 0) is 4.79 Å². The number of hydrogen-bond donors (Lipinski definition) is 0. The third-order valence-electron chi connectivity index (χ3n) is 5.01. The molecule has 1 heteroatoms. The molecule has 3 unspecified atom stereocenters. The number of rotatable bonds is 3. The maximum Gasteiger partial charge on any atom is 0.136 e. The van der Waals surface area contributed by atoms with Crippen LogP contribution in [0.1, 0.15) is 65.7 Å². The number of fused-ring (bicyclic) bond motifs is 2. The Morgan fingerprint density at radius 1 is 1.38 bits per heavy atom. The molecule has 2 fully saturated rings. The summed E-state index contributed by atoms with van der Waals surface area (Å²) in [6.45, 7) is 6.95. The van der Waals surface area contributed by atoms with Gasteiger partial charge in [0, 0.05) is 12.3 Å². The van der Waals surface area contributed by atoms with Crippen LogP contribution in [0, 0.1) is 23.2 Å². The molecule has 3 atom stereocenters. The van der Waals surface area contributed by atoms with Gasteiger partial charge in [-0.2, -0.15) is 0 Å². The summed E-state index contributed by atoms with van der Waals surface area (Å²) < 4.78 is 0. The van der Waals surface area contributed by atoms with E-state index in [4.69, 9.17) is 0 Å².